The number of nitrogens with zero attached hydrogens (tertiary/aromatic N) is 2. The minimum Gasteiger partial charge on any atom is -0.378 e. The van der Waals surface area contributed by atoms with Crippen LogP contribution in [0.15, 0.2) is 42.0 Å². The molecule has 0 saturated heterocycles. The molecule has 0 spiro atoms. The van der Waals surface area contributed by atoms with Crippen molar-refractivity contribution in [1.82, 2.24) is 5.32 Å². The van der Waals surface area contributed by atoms with Crippen LogP contribution in [0.1, 0.15) is 53.5 Å². The molecule has 1 N–H and O–H groups in total. The normalized spacial score (nSPS) is 12.9. The van der Waals surface area contributed by atoms with E-state index in [4.69, 9.17) is 4.74 Å². The molecule has 0 heterocycles. The number of nitriles is 1. The van der Waals surface area contributed by atoms with Gasteiger partial charge in [-0.3, -0.25) is 4.79 Å². The van der Waals surface area contributed by atoms with Crippen molar-refractivity contribution in [2.75, 3.05) is 25.6 Å². The van der Waals surface area contributed by atoms with Gasteiger partial charge in [-0.25, -0.2) is 0 Å². The molecule has 0 atom stereocenters. The minimum atomic E-state index is -0.489. The minimum absolute atomic E-state index is 0.133. The standard InChI is InChI=1S/C26H35N3O2/c1-18(19-9-10-21-16-22(29(7)8)12-11-20(21)15-19)23(17-27)24(30)28-26(5,6)13-14-31-25(2,3)4/h9-12,15-16H,13-14H2,1-8H3,(H,28,30). The van der Waals surface area contributed by atoms with Crippen LogP contribution in [0.2, 0.25) is 0 Å². The van der Waals surface area contributed by atoms with Gasteiger partial charge in [-0.15, -0.1) is 0 Å². The van der Waals surface area contributed by atoms with Gasteiger partial charge in [0.25, 0.3) is 5.91 Å². The van der Waals surface area contributed by atoms with Crippen molar-refractivity contribution < 1.29 is 9.53 Å². The van der Waals surface area contributed by atoms with Crippen molar-refractivity contribution in [1.29, 1.82) is 5.26 Å². The number of hydrogen-bond donors (Lipinski definition) is 1. The summed E-state index contributed by atoms with van der Waals surface area (Å²) in [6, 6.07) is 14.4. The van der Waals surface area contributed by atoms with Crippen LogP contribution in [0.5, 0.6) is 0 Å². The topological polar surface area (TPSA) is 65.4 Å². The molecule has 0 radical (unpaired) electrons. The fourth-order valence-electron chi connectivity index (χ4n) is 3.24. The quantitative estimate of drug-likeness (QED) is 0.486. The zero-order valence-electron chi connectivity index (χ0n) is 20.1. The molecule has 31 heavy (non-hydrogen) atoms. The number of nitrogens with one attached hydrogen (secondary N) is 1. The van der Waals surface area contributed by atoms with E-state index in [1.807, 2.05) is 73.8 Å². The van der Waals surface area contributed by atoms with Crippen LogP contribution in [-0.2, 0) is 9.53 Å². The third-order valence-corrected chi connectivity index (χ3v) is 5.20. The molecule has 2 rings (SSSR count). The van der Waals surface area contributed by atoms with Gasteiger partial charge in [0, 0.05) is 31.9 Å². The molecule has 0 aliphatic carbocycles. The lowest BCUT2D eigenvalue weighted by atomic mass is 9.96. The number of carbonyl (C=O) groups excluding carboxylic acids is 1. The number of ether oxygens (including phenoxy) is 1. The number of allylic oxidation sites excluding steroid dienone is 1. The Kier molecular flexibility index (Phi) is 7.51. The average Bonchev–Trinajstić information content (AvgIpc) is 2.65. The molecule has 0 bridgehead atoms. The fourth-order valence-corrected chi connectivity index (χ4v) is 3.24. The van der Waals surface area contributed by atoms with Gasteiger partial charge in [-0.05, 0) is 88.1 Å². The number of benzene rings is 2. The van der Waals surface area contributed by atoms with Gasteiger partial charge in [0.05, 0.1) is 5.60 Å². The molecule has 166 valence electrons. The molecule has 2 aromatic rings. The summed E-state index contributed by atoms with van der Waals surface area (Å²) in [5, 5.41) is 14.9. The highest BCUT2D eigenvalue weighted by molar-refractivity contribution is 6.05. The van der Waals surface area contributed by atoms with Crippen LogP contribution < -0.4 is 10.2 Å². The molecule has 0 saturated carbocycles. The zero-order chi connectivity index (χ0) is 23.4. The van der Waals surface area contributed by atoms with E-state index in [1.165, 1.54) is 0 Å². The maximum Gasteiger partial charge on any atom is 0.262 e. The fraction of sp³-hybridized carbons (Fsp3) is 0.462. The first kappa shape index (κ1) is 24.4. The molecule has 0 aliphatic heterocycles. The third kappa shape index (κ3) is 6.83. The SMILES string of the molecule is CC(=C(C#N)C(=O)NC(C)(C)CCOC(C)(C)C)c1ccc2cc(N(C)C)ccc2c1. The van der Waals surface area contributed by atoms with E-state index in [1.54, 1.807) is 0 Å². The van der Waals surface area contributed by atoms with E-state index in [2.05, 4.69) is 34.5 Å². The lowest BCUT2D eigenvalue weighted by Crippen LogP contribution is -2.45. The highest BCUT2D eigenvalue weighted by Crippen LogP contribution is 2.26. The Bertz CT molecular complexity index is 1020. The monoisotopic (exact) mass is 421 g/mol. The number of anilines is 1. The predicted octanol–water partition coefficient (Wildman–Crippen LogP) is 5.30. The van der Waals surface area contributed by atoms with Crippen LogP contribution in [0.4, 0.5) is 5.69 Å². The van der Waals surface area contributed by atoms with E-state index in [0.717, 1.165) is 22.0 Å². The largest absolute Gasteiger partial charge is 0.378 e. The Balaban J connectivity index is 2.24. The second-order valence-electron chi connectivity index (χ2n) is 9.80. The molecular formula is C26H35N3O2. The van der Waals surface area contributed by atoms with E-state index in [-0.39, 0.29) is 17.1 Å². The summed E-state index contributed by atoms with van der Waals surface area (Å²) < 4.78 is 5.78. The smallest absolute Gasteiger partial charge is 0.262 e. The number of rotatable bonds is 7. The number of amides is 1. The Morgan fingerprint density at radius 1 is 1.06 bits per heavy atom. The molecule has 0 unspecified atom stereocenters. The van der Waals surface area contributed by atoms with Gasteiger partial charge in [-0.2, -0.15) is 5.26 Å². The average molecular weight is 422 g/mol. The second kappa shape index (κ2) is 9.53. The Morgan fingerprint density at radius 2 is 1.68 bits per heavy atom. The Labute approximate surface area is 186 Å². The molecule has 2 aromatic carbocycles. The third-order valence-electron chi connectivity index (χ3n) is 5.20. The predicted molar refractivity (Wildman–Crippen MR) is 129 cm³/mol. The lowest BCUT2D eigenvalue weighted by molar-refractivity contribution is -0.118. The van der Waals surface area contributed by atoms with E-state index < -0.39 is 5.54 Å². The van der Waals surface area contributed by atoms with E-state index in [0.29, 0.717) is 18.6 Å². The molecule has 1 amide bonds. The first-order valence-electron chi connectivity index (χ1n) is 10.6. The molecule has 5 nitrogen and oxygen atoms in total. The van der Waals surface area contributed by atoms with Crippen LogP contribution in [-0.4, -0.2) is 37.7 Å². The maximum absolute atomic E-state index is 12.9. The molecular weight excluding hydrogens is 386 g/mol. The van der Waals surface area contributed by atoms with Crippen LogP contribution >= 0.6 is 0 Å². The first-order valence-corrected chi connectivity index (χ1v) is 10.6. The number of carbonyl (C=O) groups is 1. The highest BCUT2D eigenvalue weighted by Gasteiger charge is 2.24. The summed E-state index contributed by atoms with van der Waals surface area (Å²) in [6.07, 6.45) is 0.651. The van der Waals surface area contributed by atoms with Crippen molar-refractivity contribution in [2.45, 2.75) is 59.1 Å². The van der Waals surface area contributed by atoms with Crippen LogP contribution in [0.25, 0.3) is 16.3 Å². The second-order valence-corrected chi connectivity index (χ2v) is 9.80. The van der Waals surface area contributed by atoms with Crippen molar-refractivity contribution in [2.24, 2.45) is 0 Å². The van der Waals surface area contributed by atoms with Crippen molar-refractivity contribution in [3.63, 3.8) is 0 Å². The van der Waals surface area contributed by atoms with Gasteiger partial charge in [0.15, 0.2) is 0 Å². The van der Waals surface area contributed by atoms with Gasteiger partial charge >= 0.3 is 0 Å². The number of fused-ring (bicyclic) bond motifs is 1. The van der Waals surface area contributed by atoms with Gasteiger partial charge in [-0.1, -0.05) is 18.2 Å². The summed E-state index contributed by atoms with van der Waals surface area (Å²) in [7, 11) is 4.02. The molecule has 0 aromatic heterocycles. The van der Waals surface area contributed by atoms with E-state index >= 15 is 0 Å². The Hall–Kier alpha value is -2.84. The lowest BCUT2D eigenvalue weighted by Gasteiger charge is -2.28. The van der Waals surface area contributed by atoms with Gasteiger partial charge < -0.3 is 15.0 Å². The summed E-state index contributed by atoms with van der Waals surface area (Å²) in [5.74, 6) is -0.358. The van der Waals surface area contributed by atoms with Crippen molar-refractivity contribution >= 4 is 27.9 Å². The van der Waals surface area contributed by atoms with E-state index in [9.17, 15) is 10.1 Å². The van der Waals surface area contributed by atoms with Crippen LogP contribution in [0.3, 0.4) is 0 Å². The van der Waals surface area contributed by atoms with Gasteiger partial charge in [0.2, 0.25) is 0 Å². The molecule has 0 aliphatic rings. The Morgan fingerprint density at radius 3 is 2.26 bits per heavy atom. The summed E-state index contributed by atoms with van der Waals surface area (Å²) in [4.78, 5) is 15.0. The zero-order valence-corrected chi connectivity index (χ0v) is 20.1. The van der Waals surface area contributed by atoms with Crippen molar-refractivity contribution in [3.05, 3.63) is 47.5 Å². The summed E-state index contributed by atoms with van der Waals surface area (Å²) in [6.45, 7) is 12.2. The van der Waals surface area contributed by atoms with Gasteiger partial charge in [0.1, 0.15) is 11.6 Å². The summed E-state index contributed by atoms with van der Waals surface area (Å²) >= 11 is 0. The molecule has 0 fully saturated rings. The highest BCUT2D eigenvalue weighted by atomic mass is 16.5. The van der Waals surface area contributed by atoms with Crippen LogP contribution in [0, 0.1) is 11.3 Å². The summed E-state index contributed by atoms with van der Waals surface area (Å²) in [5.41, 5.74) is 2.08. The van der Waals surface area contributed by atoms with Crippen molar-refractivity contribution in [3.8, 4) is 6.07 Å². The number of hydrogen-bond acceptors (Lipinski definition) is 4. The maximum atomic E-state index is 12.9. The first-order chi connectivity index (χ1) is 14.3. The molecule has 5 heteroatoms.